The Labute approximate surface area is 165 Å². The Kier molecular flexibility index (Phi) is 4.76. The molecule has 2 aromatic heterocycles. The minimum Gasteiger partial charge on any atom is -0.423 e. The molecule has 0 amide bonds. The maximum atomic E-state index is 11.9. The molecule has 0 spiro atoms. The SMILES string of the molecule is Cc1cc2oc(=O)cc(CSc3nnc(-c4ccccc4)n3C)c2cc1Cl. The van der Waals surface area contributed by atoms with Crippen LogP contribution in [-0.2, 0) is 12.8 Å². The second kappa shape index (κ2) is 7.21. The molecule has 5 nitrogen and oxygen atoms in total. The number of thioether (sulfide) groups is 1. The fraction of sp³-hybridized carbons (Fsp3) is 0.150. The summed E-state index contributed by atoms with van der Waals surface area (Å²) in [5.74, 6) is 1.36. The fourth-order valence-electron chi connectivity index (χ4n) is 2.89. The van der Waals surface area contributed by atoms with Crippen molar-refractivity contribution in [1.29, 1.82) is 0 Å². The van der Waals surface area contributed by atoms with Gasteiger partial charge in [-0.25, -0.2) is 4.79 Å². The summed E-state index contributed by atoms with van der Waals surface area (Å²) in [6.45, 7) is 1.88. The van der Waals surface area contributed by atoms with Gasteiger partial charge in [-0.15, -0.1) is 10.2 Å². The lowest BCUT2D eigenvalue weighted by Crippen LogP contribution is -2.01. The molecule has 0 fully saturated rings. The van der Waals surface area contributed by atoms with Crippen LogP contribution in [0.5, 0.6) is 0 Å². The third kappa shape index (κ3) is 3.50. The van der Waals surface area contributed by atoms with Gasteiger partial charge in [0.15, 0.2) is 11.0 Å². The van der Waals surface area contributed by atoms with E-state index in [9.17, 15) is 4.79 Å². The average Bonchev–Trinajstić information content (AvgIpc) is 3.02. The number of fused-ring (bicyclic) bond motifs is 1. The Morgan fingerprint density at radius 3 is 2.70 bits per heavy atom. The minimum absolute atomic E-state index is 0.372. The monoisotopic (exact) mass is 397 g/mol. The molecule has 136 valence electrons. The van der Waals surface area contributed by atoms with Gasteiger partial charge in [-0.2, -0.15) is 0 Å². The second-order valence-corrected chi connectivity index (χ2v) is 7.56. The highest BCUT2D eigenvalue weighted by molar-refractivity contribution is 7.98. The van der Waals surface area contributed by atoms with Gasteiger partial charge < -0.3 is 8.98 Å². The first-order valence-corrected chi connectivity index (χ1v) is 9.70. The van der Waals surface area contributed by atoms with Gasteiger partial charge in [0.1, 0.15) is 5.58 Å². The predicted octanol–water partition coefficient (Wildman–Crippen LogP) is 4.84. The topological polar surface area (TPSA) is 60.9 Å². The van der Waals surface area contributed by atoms with Crippen LogP contribution in [-0.4, -0.2) is 14.8 Å². The van der Waals surface area contributed by atoms with Gasteiger partial charge in [-0.3, -0.25) is 0 Å². The van der Waals surface area contributed by atoms with Crippen molar-refractivity contribution in [2.75, 3.05) is 0 Å². The zero-order chi connectivity index (χ0) is 19.0. The lowest BCUT2D eigenvalue weighted by molar-refractivity contribution is 0.559. The van der Waals surface area contributed by atoms with Gasteiger partial charge in [-0.05, 0) is 30.2 Å². The van der Waals surface area contributed by atoms with E-state index in [1.54, 1.807) is 6.07 Å². The standard InChI is InChI=1S/C20H16ClN3O2S/c1-12-8-17-15(10-16(12)21)14(9-18(25)26-17)11-27-20-23-22-19(24(20)2)13-6-4-3-5-7-13/h3-10H,11H2,1-2H3. The second-order valence-electron chi connectivity index (χ2n) is 6.21. The van der Waals surface area contributed by atoms with Crippen LogP contribution >= 0.6 is 23.4 Å². The van der Waals surface area contributed by atoms with E-state index in [0.717, 1.165) is 33.1 Å². The molecule has 4 rings (SSSR count). The van der Waals surface area contributed by atoms with Crippen LogP contribution < -0.4 is 5.63 Å². The molecule has 0 saturated carbocycles. The molecule has 0 saturated heterocycles. The Hall–Kier alpha value is -2.57. The number of aryl methyl sites for hydroxylation is 1. The first-order valence-electron chi connectivity index (χ1n) is 8.33. The predicted molar refractivity (Wildman–Crippen MR) is 108 cm³/mol. The third-order valence-electron chi connectivity index (χ3n) is 4.33. The molecule has 0 atom stereocenters. The molecule has 0 aliphatic heterocycles. The zero-order valence-corrected chi connectivity index (χ0v) is 16.3. The van der Waals surface area contributed by atoms with Crippen LogP contribution in [0.1, 0.15) is 11.1 Å². The molecular weight excluding hydrogens is 382 g/mol. The van der Waals surface area contributed by atoms with Gasteiger partial charge in [0.05, 0.1) is 0 Å². The Morgan fingerprint density at radius 1 is 1.15 bits per heavy atom. The smallest absolute Gasteiger partial charge is 0.336 e. The lowest BCUT2D eigenvalue weighted by atomic mass is 10.1. The first kappa shape index (κ1) is 17.8. The van der Waals surface area contributed by atoms with Gasteiger partial charge in [-0.1, -0.05) is 53.7 Å². The molecule has 2 heterocycles. The average molecular weight is 398 g/mol. The van der Waals surface area contributed by atoms with Crippen molar-refractivity contribution < 1.29 is 4.42 Å². The molecule has 27 heavy (non-hydrogen) atoms. The highest BCUT2D eigenvalue weighted by Crippen LogP contribution is 2.30. The molecule has 0 bridgehead atoms. The highest BCUT2D eigenvalue weighted by Gasteiger charge is 2.13. The number of rotatable bonds is 4. The maximum absolute atomic E-state index is 11.9. The van der Waals surface area contributed by atoms with Crippen LogP contribution in [0.25, 0.3) is 22.4 Å². The van der Waals surface area contributed by atoms with Crippen LogP contribution in [0.2, 0.25) is 5.02 Å². The van der Waals surface area contributed by atoms with Gasteiger partial charge in [0.2, 0.25) is 0 Å². The summed E-state index contributed by atoms with van der Waals surface area (Å²) in [5.41, 5.74) is 2.91. The Balaban J connectivity index is 1.66. The van der Waals surface area contributed by atoms with E-state index in [2.05, 4.69) is 10.2 Å². The number of hydrogen-bond donors (Lipinski definition) is 0. The highest BCUT2D eigenvalue weighted by atomic mass is 35.5. The molecule has 4 aromatic rings. The molecule has 0 aliphatic rings. The molecule has 7 heteroatoms. The lowest BCUT2D eigenvalue weighted by Gasteiger charge is -2.07. The largest absolute Gasteiger partial charge is 0.423 e. The maximum Gasteiger partial charge on any atom is 0.336 e. The van der Waals surface area contributed by atoms with Crippen LogP contribution in [0.15, 0.2) is 62.9 Å². The van der Waals surface area contributed by atoms with Gasteiger partial charge in [0.25, 0.3) is 0 Å². The molecular formula is C20H16ClN3O2S. The number of hydrogen-bond acceptors (Lipinski definition) is 5. The number of halogens is 1. The number of benzene rings is 2. The van der Waals surface area contributed by atoms with Crippen molar-refractivity contribution in [2.24, 2.45) is 7.05 Å². The normalized spacial score (nSPS) is 11.2. The van der Waals surface area contributed by atoms with Gasteiger partial charge in [0, 0.05) is 34.8 Å². The summed E-state index contributed by atoms with van der Waals surface area (Å²) in [7, 11) is 1.93. The third-order valence-corrected chi connectivity index (χ3v) is 5.81. The summed E-state index contributed by atoms with van der Waals surface area (Å²) in [4.78, 5) is 11.9. The summed E-state index contributed by atoms with van der Waals surface area (Å²) >= 11 is 7.77. The van der Waals surface area contributed by atoms with E-state index in [1.807, 2.05) is 54.9 Å². The Bertz CT molecular complexity index is 1190. The van der Waals surface area contributed by atoms with Crippen LogP contribution in [0, 0.1) is 6.92 Å². The molecule has 2 aromatic carbocycles. The van der Waals surface area contributed by atoms with Crippen molar-refractivity contribution in [3.63, 3.8) is 0 Å². The summed E-state index contributed by atoms with van der Waals surface area (Å²) < 4.78 is 7.27. The van der Waals surface area contributed by atoms with E-state index in [-0.39, 0.29) is 5.63 Å². The Morgan fingerprint density at radius 2 is 1.93 bits per heavy atom. The van der Waals surface area contributed by atoms with Crippen molar-refractivity contribution in [1.82, 2.24) is 14.8 Å². The first-order chi connectivity index (χ1) is 13.0. The van der Waals surface area contributed by atoms with Crippen LogP contribution in [0.3, 0.4) is 0 Å². The minimum atomic E-state index is -0.372. The number of nitrogens with zero attached hydrogens (tertiary/aromatic N) is 3. The van der Waals surface area contributed by atoms with E-state index in [1.165, 1.54) is 17.8 Å². The van der Waals surface area contributed by atoms with Crippen molar-refractivity contribution in [3.8, 4) is 11.4 Å². The van der Waals surface area contributed by atoms with E-state index < -0.39 is 0 Å². The number of aromatic nitrogens is 3. The molecule has 0 unspecified atom stereocenters. The van der Waals surface area contributed by atoms with Crippen molar-refractivity contribution >= 4 is 34.3 Å². The van der Waals surface area contributed by atoms with E-state index in [4.69, 9.17) is 16.0 Å². The van der Waals surface area contributed by atoms with Crippen molar-refractivity contribution in [3.05, 3.63) is 75.1 Å². The molecule has 0 aliphatic carbocycles. The summed E-state index contributed by atoms with van der Waals surface area (Å²) in [6.07, 6.45) is 0. The van der Waals surface area contributed by atoms with Crippen LogP contribution in [0.4, 0.5) is 0 Å². The summed E-state index contributed by atoms with van der Waals surface area (Å²) in [6, 6.07) is 15.1. The quantitative estimate of drug-likeness (QED) is 0.364. The summed E-state index contributed by atoms with van der Waals surface area (Å²) in [5, 5.41) is 10.8. The molecule has 0 radical (unpaired) electrons. The fourth-order valence-corrected chi connectivity index (χ4v) is 3.95. The van der Waals surface area contributed by atoms with E-state index in [0.29, 0.717) is 16.4 Å². The zero-order valence-electron chi connectivity index (χ0n) is 14.8. The molecule has 0 N–H and O–H groups in total. The van der Waals surface area contributed by atoms with E-state index >= 15 is 0 Å². The van der Waals surface area contributed by atoms with Gasteiger partial charge >= 0.3 is 5.63 Å². The van der Waals surface area contributed by atoms with Crippen molar-refractivity contribution in [2.45, 2.75) is 17.8 Å².